The second-order valence-electron chi connectivity index (χ2n) is 3.76. The van der Waals surface area contributed by atoms with Crippen molar-refractivity contribution in [1.29, 1.82) is 0 Å². The van der Waals surface area contributed by atoms with E-state index in [0.717, 1.165) is 19.0 Å². The Morgan fingerprint density at radius 2 is 1.63 bits per heavy atom. The van der Waals surface area contributed by atoms with Crippen molar-refractivity contribution in [2.45, 2.75) is 13.6 Å². The summed E-state index contributed by atoms with van der Waals surface area (Å²) < 4.78 is 27.0. The van der Waals surface area contributed by atoms with Gasteiger partial charge in [-0.25, -0.2) is 8.78 Å². The largest absolute Gasteiger partial charge is 0.246 e. The number of hydrogen-bond donors (Lipinski definition) is 0. The summed E-state index contributed by atoms with van der Waals surface area (Å²) in [5.74, 6) is -0.201. The van der Waals surface area contributed by atoms with Gasteiger partial charge in [0.05, 0.1) is 0 Å². The van der Waals surface area contributed by atoms with E-state index in [1.165, 1.54) is 12.1 Å². The first-order valence-corrected chi connectivity index (χ1v) is 7.73. The molecule has 0 saturated heterocycles. The maximum Gasteiger partial charge on any atom is 0.124 e. The standard InChI is InChI=1S/C7H5Br2F.C7H6BrF/c8-6-1-2-7(9)5(3-6)4-10;1-5-2-3-6(9)4-7(5)8/h1-3H,4H2;2-4H,1H3. The minimum absolute atomic E-state index is 0.201. The highest BCUT2D eigenvalue weighted by molar-refractivity contribution is 9.11. The zero-order valence-electron chi connectivity index (χ0n) is 10.1. The normalized spacial score (nSPS) is 9.79. The first-order chi connectivity index (χ1) is 8.93. The van der Waals surface area contributed by atoms with Crippen LogP contribution in [0, 0.1) is 12.7 Å². The Morgan fingerprint density at radius 3 is 2.11 bits per heavy atom. The lowest BCUT2D eigenvalue weighted by Crippen LogP contribution is -1.79. The molecule has 0 atom stereocenters. The summed E-state index contributed by atoms with van der Waals surface area (Å²) in [4.78, 5) is 0. The SMILES string of the molecule is Cc1ccc(F)cc1Br.FCc1cc(Br)ccc1Br. The van der Waals surface area contributed by atoms with Gasteiger partial charge in [-0.05, 0) is 48.4 Å². The average Bonchev–Trinajstić information content (AvgIpc) is 2.38. The zero-order chi connectivity index (χ0) is 14.4. The molecule has 0 fully saturated rings. The second-order valence-corrected chi connectivity index (χ2v) is 6.39. The van der Waals surface area contributed by atoms with E-state index in [9.17, 15) is 8.78 Å². The van der Waals surface area contributed by atoms with E-state index < -0.39 is 6.67 Å². The van der Waals surface area contributed by atoms with Gasteiger partial charge >= 0.3 is 0 Å². The van der Waals surface area contributed by atoms with E-state index >= 15 is 0 Å². The highest BCUT2D eigenvalue weighted by Gasteiger charge is 1.98. The summed E-state index contributed by atoms with van der Waals surface area (Å²) in [6.45, 7) is 1.49. The van der Waals surface area contributed by atoms with Crippen LogP contribution in [-0.2, 0) is 6.67 Å². The molecule has 0 saturated carbocycles. The molecular weight excluding hydrogens is 446 g/mol. The van der Waals surface area contributed by atoms with E-state index in [-0.39, 0.29) is 5.82 Å². The van der Waals surface area contributed by atoms with E-state index in [2.05, 4.69) is 47.8 Å². The van der Waals surface area contributed by atoms with Crippen molar-refractivity contribution in [2.24, 2.45) is 0 Å². The summed E-state index contributed by atoms with van der Waals surface area (Å²) in [6.07, 6.45) is 0. The lowest BCUT2D eigenvalue weighted by Gasteiger charge is -1.98. The zero-order valence-corrected chi connectivity index (χ0v) is 14.8. The van der Waals surface area contributed by atoms with E-state index in [4.69, 9.17) is 0 Å². The van der Waals surface area contributed by atoms with Gasteiger partial charge in [0.2, 0.25) is 0 Å². The van der Waals surface area contributed by atoms with Gasteiger partial charge in [0.25, 0.3) is 0 Å². The van der Waals surface area contributed by atoms with Crippen molar-refractivity contribution in [1.82, 2.24) is 0 Å². The second kappa shape index (κ2) is 8.12. The maximum absolute atomic E-state index is 12.3. The Kier molecular flexibility index (Phi) is 7.18. The number of rotatable bonds is 1. The van der Waals surface area contributed by atoms with Gasteiger partial charge in [0.1, 0.15) is 12.5 Å². The number of hydrogen-bond acceptors (Lipinski definition) is 0. The molecule has 0 heterocycles. The topological polar surface area (TPSA) is 0 Å². The van der Waals surface area contributed by atoms with Crippen LogP contribution in [-0.4, -0.2) is 0 Å². The minimum Gasteiger partial charge on any atom is -0.246 e. The molecule has 0 amide bonds. The summed E-state index contributed by atoms with van der Waals surface area (Å²) in [5, 5.41) is 0. The van der Waals surface area contributed by atoms with Gasteiger partial charge in [-0.2, -0.15) is 0 Å². The highest BCUT2D eigenvalue weighted by Crippen LogP contribution is 2.21. The van der Waals surface area contributed by atoms with Gasteiger partial charge in [-0.15, -0.1) is 0 Å². The molecule has 0 N–H and O–H groups in total. The Morgan fingerprint density at radius 1 is 0.947 bits per heavy atom. The van der Waals surface area contributed by atoms with Crippen molar-refractivity contribution in [2.75, 3.05) is 0 Å². The molecule has 5 heteroatoms. The van der Waals surface area contributed by atoms with Crippen molar-refractivity contribution < 1.29 is 8.78 Å². The predicted molar refractivity (Wildman–Crippen MR) is 85.5 cm³/mol. The average molecular weight is 457 g/mol. The predicted octanol–water partition coefficient (Wildman–Crippen LogP) is 6.58. The molecule has 2 rings (SSSR count). The Hall–Kier alpha value is -0.260. The molecule has 2 aromatic rings. The molecule has 0 aliphatic heterocycles. The highest BCUT2D eigenvalue weighted by atomic mass is 79.9. The Bertz CT molecular complexity index is 556. The Labute approximate surface area is 136 Å². The fraction of sp³-hybridized carbons (Fsp3) is 0.143. The fourth-order valence-corrected chi connectivity index (χ4v) is 2.32. The molecule has 19 heavy (non-hydrogen) atoms. The maximum atomic E-state index is 12.3. The monoisotopic (exact) mass is 454 g/mol. The van der Waals surface area contributed by atoms with Crippen molar-refractivity contribution in [3.63, 3.8) is 0 Å². The summed E-state index contributed by atoms with van der Waals surface area (Å²) in [7, 11) is 0. The third-order valence-corrected chi connectivity index (χ3v) is 4.41. The number of alkyl halides is 1. The van der Waals surface area contributed by atoms with Crippen LogP contribution in [0.2, 0.25) is 0 Å². The van der Waals surface area contributed by atoms with Crippen LogP contribution in [0.3, 0.4) is 0 Å². The van der Waals surface area contributed by atoms with Gasteiger partial charge in [-0.1, -0.05) is 53.9 Å². The molecule has 0 unspecified atom stereocenters. The number of aryl methyl sites for hydroxylation is 1. The fourth-order valence-electron chi connectivity index (χ4n) is 1.21. The smallest absolute Gasteiger partial charge is 0.124 e. The number of benzene rings is 2. The summed E-state index contributed by atoms with van der Waals surface area (Å²) in [6, 6.07) is 10.1. The summed E-state index contributed by atoms with van der Waals surface area (Å²) in [5.41, 5.74) is 1.73. The van der Waals surface area contributed by atoms with E-state index in [1.807, 2.05) is 19.1 Å². The van der Waals surface area contributed by atoms with Crippen LogP contribution in [0.15, 0.2) is 49.8 Å². The third-order valence-electron chi connectivity index (χ3n) is 2.29. The first kappa shape index (κ1) is 16.8. The lowest BCUT2D eigenvalue weighted by molar-refractivity contribution is 0.484. The molecule has 0 aliphatic rings. The molecule has 0 radical (unpaired) electrons. The first-order valence-electron chi connectivity index (χ1n) is 5.35. The van der Waals surface area contributed by atoms with Crippen LogP contribution >= 0.6 is 47.8 Å². The van der Waals surface area contributed by atoms with Gasteiger partial charge in [0.15, 0.2) is 0 Å². The molecule has 0 nitrogen and oxygen atoms in total. The van der Waals surface area contributed by atoms with Crippen LogP contribution < -0.4 is 0 Å². The quantitative estimate of drug-likeness (QED) is 0.454. The number of halogens is 5. The Balaban J connectivity index is 0.000000191. The molecule has 2 aromatic carbocycles. The van der Waals surface area contributed by atoms with Gasteiger partial charge in [0, 0.05) is 13.4 Å². The molecule has 0 aliphatic carbocycles. The van der Waals surface area contributed by atoms with Crippen LogP contribution in [0.4, 0.5) is 8.78 Å². The van der Waals surface area contributed by atoms with Crippen molar-refractivity contribution in [3.05, 3.63) is 66.8 Å². The van der Waals surface area contributed by atoms with Crippen LogP contribution in [0.1, 0.15) is 11.1 Å². The molecule has 102 valence electrons. The molecule has 0 aromatic heterocycles. The van der Waals surface area contributed by atoms with E-state index in [1.54, 1.807) is 12.1 Å². The van der Waals surface area contributed by atoms with Crippen molar-refractivity contribution in [3.8, 4) is 0 Å². The van der Waals surface area contributed by atoms with Gasteiger partial charge in [-0.3, -0.25) is 0 Å². The van der Waals surface area contributed by atoms with Crippen molar-refractivity contribution >= 4 is 47.8 Å². The van der Waals surface area contributed by atoms with Gasteiger partial charge < -0.3 is 0 Å². The van der Waals surface area contributed by atoms with Crippen LogP contribution in [0.5, 0.6) is 0 Å². The third kappa shape index (κ3) is 5.71. The molecule has 0 spiro atoms. The molecular formula is C14H11Br3F2. The molecule has 0 bridgehead atoms. The summed E-state index contributed by atoms with van der Waals surface area (Å²) >= 11 is 9.69. The minimum atomic E-state index is -0.431. The van der Waals surface area contributed by atoms with E-state index in [0.29, 0.717) is 5.56 Å². The van der Waals surface area contributed by atoms with Crippen LogP contribution in [0.25, 0.3) is 0 Å². The lowest BCUT2D eigenvalue weighted by atomic mass is 10.2.